The Labute approximate surface area is 133 Å². The second-order valence-corrected chi connectivity index (χ2v) is 6.93. The standard InChI is InChI=1S/C18H27N3O/c1-12-9-16-10-17(20-8-7-19-13(2)11-20)5-6-18(16)21(14(12)3)15(4)22/h5-6,10,12-14,19H,7-9,11H2,1-4H3/t12-,13?,14+/m1/s1. The number of hydrogen-bond acceptors (Lipinski definition) is 3. The average molecular weight is 301 g/mol. The van der Waals surface area contributed by atoms with Gasteiger partial charge in [0.05, 0.1) is 0 Å². The van der Waals surface area contributed by atoms with Gasteiger partial charge in [0.2, 0.25) is 5.91 Å². The maximum absolute atomic E-state index is 12.1. The van der Waals surface area contributed by atoms with Gasteiger partial charge in [-0.1, -0.05) is 6.92 Å². The van der Waals surface area contributed by atoms with E-state index in [-0.39, 0.29) is 11.9 Å². The van der Waals surface area contributed by atoms with Crippen LogP contribution in [0.2, 0.25) is 0 Å². The maximum atomic E-state index is 12.1. The van der Waals surface area contributed by atoms with Gasteiger partial charge in [-0.05, 0) is 49.9 Å². The number of anilines is 2. The number of piperazine rings is 1. The van der Waals surface area contributed by atoms with Crippen LogP contribution in [0.5, 0.6) is 0 Å². The third-order valence-corrected chi connectivity index (χ3v) is 5.17. The van der Waals surface area contributed by atoms with E-state index in [1.54, 1.807) is 6.92 Å². The molecule has 1 N–H and O–H groups in total. The molecule has 2 heterocycles. The van der Waals surface area contributed by atoms with Gasteiger partial charge < -0.3 is 15.1 Å². The topological polar surface area (TPSA) is 35.6 Å². The van der Waals surface area contributed by atoms with E-state index in [2.05, 4.69) is 49.2 Å². The number of carbonyl (C=O) groups is 1. The molecule has 0 saturated carbocycles. The highest BCUT2D eigenvalue weighted by molar-refractivity contribution is 5.94. The number of carbonyl (C=O) groups excluding carboxylic acids is 1. The first-order chi connectivity index (χ1) is 10.5. The molecule has 2 aliphatic rings. The Morgan fingerprint density at radius 3 is 2.73 bits per heavy atom. The summed E-state index contributed by atoms with van der Waals surface area (Å²) in [5, 5.41) is 3.48. The summed E-state index contributed by atoms with van der Waals surface area (Å²) in [6.07, 6.45) is 1.05. The lowest BCUT2D eigenvalue weighted by molar-refractivity contribution is -0.117. The molecule has 1 fully saturated rings. The van der Waals surface area contributed by atoms with Crippen LogP contribution in [0.15, 0.2) is 18.2 Å². The van der Waals surface area contributed by atoms with Crippen LogP contribution < -0.4 is 15.1 Å². The quantitative estimate of drug-likeness (QED) is 0.865. The molecule has 0 spiro atoms. The highest BCUT2D eigenvalue weighted by Crippen LogP contribution is 2.36. The smallest absolute Gasteiger partial charge is 0.224 e. The molecule has 0 aromatic heterocycles. The zero-order valence-electron chi connectivity index (χ0n) is 14.1. The second kappa shape index (κ2) is 5.92. The van der Waals surface area contributed by atoms with Gasteiger partial charge in [0.15, 0.2) is 0 Å². The Kier molecular flexibility index (Phi) is 4.13. The van der Waals surface area contributed by atoms with Crippen LogP contribution >= 0.6 is 0 Å². The third-order valence-electron chi connectivity index (χ3n) is 5.17. The molecule has 0 radical (unpaired) electrons. The second-order valence-electron chi connectivity index (χ2n) is 6.93. The summed E-state index contributed by atoms with van der Waals surface area (Å²) in [6.45, 7) is 11.4. The SMILES string of the molecule is CC(=O)N1c2ccc(N3CCNC(C)C3)cc2C[C@@H](C)[C@@H]1C. The molecule has 0 aliphatic carbocycles. The summed E-state index contributed by atoms with van der Waals surface area (Å²) in [5.74, 6) is 0.637. The largest absolute Gasteiger partial charge is 0.369 e. The molecule has 1 aromatic carbocycles. The highest BCUT2D eigenvalue weighted by Gasteiger charge is 2.31. The summed E-state index contributed by atoms with van der Waals surface area (Å²) < 4.78 is 0. The van der Waals surface area contributed by atoms with Gasteiger partial charge >= 0.3 is 0 Å². The number of nitrogens with one attached hydrogen (secondary N) is 1. The van der Waals surface area contributed by atoms with Crippen molar-refractivity contribution in [1.82, 2.24) is 5.32 Å². The number of rotatable bonds is 1. The Bertz CT molecular complexity index is 571. The van der Waals surface area contributed by atoms with E-state index >= 15 is 0 Å². The number of hydrogen-bond donors (Lipinski definition) is 1. The van der Waals surface area contributed by atoms with Gasteiger partial charge in [-0.2, -0.15) is 0 Å². The monoisotopic (exact) mass is 301 g/mol. The molecule has 1 unspecified atom stereocenters. The first-order valence-electron chi connectivity index (χ1n) is 8.38. The first kappa shape index (κ1) is 15.3. The van der Waals surface area contributed by atoms with Crippen LogP contribution in [0, 0.1) is 5.92 Å². The van der Waals surface area contributed by atoms with Crippen molar-refractivity contribution in [3.63, 3.8) is 0 Å². The van der Waals surface area contributed by atoms with Gasteiger partial charge in [-0.3, -0.25) is 4.79 Å². The third kappa shape index (κ3) is 2.72. The Morgan fingerprint density at radius 2 is 2.05 bits per heavy atom. The molecule has 2 aliphatic heterocycles. The lowest BCUT2D eigenvalue weighted by Crippen LogP contribution is -2.49. The minimum Gasteiger partial charge on any atom is -0.369 e. The van der Waals surface area contributed by atoms with E-state index < -0.39 is 0 Å². The van der Waals surface area contributed by atoms with Gasteiger partial charge in [-0.15, -0.1) is 0 Å². The predicted molar refractivity (Wildman–Crippen MR) is 91.6 cm³/mol. The Morgan fingerprint density at radius 1 is 1.27 bits per heavy atom. The molecule has 3 atom stereocenters. The van der Waals surface area contributed by atoms with Gasteiger partial charge in [0.25, 0.3) is 0 Å². The zero-order chi connectivity index (χ0) is 15.9. The number of fused-ring (bicyclic) bond motifs is 1. The van der Waals surface area contributed by atoms with Crippen LogP contribution in [-0.2, 0) is 11.2 Å². The maximum Gasteiger partial charge on any atom is 0.224 e. The van der Waals surface area contributed by atoms with Crippen molar-refractivity contribution in [3.8, 4) is 0 Å². The fraction of sp³-hybridized carbons (Fsp3) is 0.611. The van der Waals surface area contributed by atoms with Crippen molar-refractivity contribution in [1.29, 1.82) is 0 Å². The Balaban J connectivity index is 1.93. The van der Waals surface area contributed by atoms with E-state index in [9.17, 15) is 4.79 Å². The number of amides is 1. The molecule has 1 saturated heterocycles. The summed E-state index contributed by atoms with van der Waals surface area (Å²) in [5.41, 5.74) is 3.70. The molecule has 1 aromatic rings. The molecule has 3 rings (SSSR count). The van der Waals surface area contributed by atoms with Crippen molar-refractivity contribution >= 4 is 17.3 Å². The van der Waals surface area contributed by atoms with E-state index in [0.717, 1.165) is 31.7 Å². The average Bonchev–Trinajstić information content (AvgIpc) is 2.47. The van der Waals surface area contributed by atoms with Crippen LogP contribution in [0.25, 0.3) is 0 Å². The van der Waals surface area contributed by atoms with Crippen LogP contribution in [0.4, 0.5) is 11.4 Å². The minimum absolute atomic E-state index is 0.142. The molecule has 22 heavy (non-hydrogen) atoms. The summed E-state index contributed by atoms with van der Waals surface area (Å²) in [7, 11) is 0. The molecule has 4 nitrogen and oxygen atoms in total. The van der Waals surface area contributed by atoms with Crippen molar-refractivity contribution < 1.29 is 4.79 Å². The summed E-state index contributed by atoms with van der Waals surface area (Å²) >= 11 is 0. The number of nitrogens with zero attached hydrogens (tertiary/aromatic N) is 2. The Hall–Kier alpha value is -1.55. The van der Waals surface area contributed by atoms with Gasteiger partial charge in [0.1, 0.15) is 0 Å². The lowest BCUT2D eigenvalue weighted by Gasteiger charge is -2.40. The van der Waals surface area contributed by atoms with Crippen molar-refractivity contribution in [2.75, 3.05) is 29.4 Å². The zero-order valence-corrected chi connectivity index (χ0v) is 14.1. The van der Waals surface area contributed by atoms with Crippen LogP contribution in [0.3, 0.4) is 0 Å². The normalized spacial score (nSPS) is 28.5. The molecular formula is C18H27N3O. The molecule has 4 heteroatoms. The fourth-order valence-corrected chi connectivity index (χ4v) is 3.78. The van der Waals surface area contributed by atoms with Crippen molar-refractivity contribution in [2.45, 2.75) is 46.2 Å². The van der Waals surface area contributed by atoms with Gasteiger partial charge in [0, 0.05) is 50.0 Å². The molecular weight excluding hydrogens is 274 g/mol. The first-order valence-corrected chi connectivity index (χ1v) is 8.38. The van der Waals surface area contributed by atoms with Crippen molar-refractivity contribution in [3.05, 3.63) is 23.8 Å². The van der Waals surface area contributed by atoms with Crippen molar-refractivity contribution in [2.24, 2.45) is 5.92 Å². The summed E-state index contributed by atoms with van der Waals surface area (Å²) in [6, 6.07) is 7.41. The van der Waals surface area contributed by atoms with E-state index in [0.29, 0.717) is 12.0 Å². The van der Waals surface area contributed by atoms with E-state index in [4.69, 9.17) is 0 Å². The molecule has 120 valence electrons. The predicted octanol–water partition coefficient (Wildman–Crippen LogP) is 2.42. The summed E-state index contributed by atoms with van der Waals surface area (Å²) in [4.78, 5) is 16.5. The minimum atomic E-state index is 0.142. The fourth-order valence-electron chi connectivity index (χ4n) is 3.78. The van der Waals surface area contributed by atoms with Crippen LogP contribution in [-0.4, -0.2) is 37.6 Å². The number of benzene rings is 1. The lowest BCUT2D eigenvalue weighted by atomic mass is 9.87. The van der Waals surface area contributed by atoms with Crippen LogP contribution in [0.1, 0.15) is 33.3 Å². The molecule has 0 bridgehead atoms. The molecule has 1 amide bonds. The van der Waals surface area contributed by atoms with E-state index in [1.807, 2.05) is 4.90 Å². The highest BCUT2D eigenvalue weighted by atomic mass is 16.2. The van der Waals surface area contributed by atoms with Gasteiger partial charge in [-0.25, -0.2) is 0 Å². The van der Waals surface area contributed by atoms with E-state index in [1.165, 1.54) is 11.3 Å².